The average Bonchev–Trinajstić information content (AvgIpc) is 2.26. The molecular formula is C10H18O2. The van der Waals surface area contributed by atoms with Crippen LogP contribution in [0.2, 0.25) is 0 Å². The fraction of sp³-hybridized carbons (Fsp3) is 0.900. The monoisotopic (exact) mass is 170 g/mol. The maximum absolute atomic E-state index is 11.5. The van der Waals surface area contributed by atoms with Crippen LogP contribution in [0.15, 0.2) is 0 Å². The van der Waals surface area contributed by atoms with Crippen molar-refractivity contribution in [2.24, 2.45) is 10.8 Å². The predicted molar refractivity (Wildman–Crippen MR) is 47.8 cm³/mol. The minimum Gasteiger partial charge on any atom is -0.469 e. The Labute approximate surface area is 74.3 Å². The summed E-state index contributed by atoms with van der Waals surface area (Å²) in [6.45, 7) is 6.32. The van der Waals surface area contributed by atoms with Crippen molar-refractivity contribution in [2.45, 2.75) is 40.0 Å². The van der Waals surface area contributed by atoms with Crippen molar-refractivity contribution in [3.8, 4) is 0 Å². The normalized spacial score (nSPS) is 33.3. The molecule has 70 valence electrons. The first-order valence-corrected chi connectivity index (χ1v) is 4.52. The van der Waals surface area contributed by atoms with Crippen LogP contribution in [0.5, 0.6) is 0 Å². The summed E-state index contributed by atoms with van der Waals surface area (Å²) in [6, 6.07) is 0. The molecule has 0 aromatic heterocycles. The molecule has 0 radical (unpaired) electrons. The summed E-state index contributed by atoms with van der Waals surface area (Å²) in [7, 11) is 1.47. The van der Waals surface area contributed by atoms with Gasteiger partial charge in [-0.1, -0.05) is 20.3 Å². The van der Waals surface area contributed by atoms with E-state index in [1.807, 2.05) is 6.92 Å². The topological polar surface area (TPSA) is 26.3 Å². The van der Waals surface area contributed by atoms with E-state index < -0.39 is 0 Å². The molecule has 1 aliphatic rings. The highest BCUT2D eigenvalue weighted by molar-refractivity contribution is 5.77. The molecule has 2 heteroatoms. The summed E-state index contributed by atoms with van der Waals surface area (Å²) < 4.78 is 4.83. The number of hydrogen-bond donors (Lipinski definition) is 0. The van der Waals surface area contributed by atoms with Crippen LogP contribution in [0.3, 0.4) is 0 Å². The summed E-state index contributed by atoms with van der Waals surface area (Å²) in [4.78, 5) is 11.5. The highest BCUT2D eigenvalue weighted by atomic mass is 16.5. The number of methoxy groups -OCH3 is 1. The molecule has 1 aliphatic carbocycles. The number of esters is 1. The van der Waals surface area contributed by atoms with Crippen molar-refractivity contribution >= 4 is 5.97 Å². The standard InChI is InChI=1S/C10H18O2/c1-9(2)6-5-7-10(9,3)8(11)12-4/h5-7H2,1-4H3/t10-/m1/s1. The van der Waals surface area contributed by atoms with Gasteiger partial charge in [-0.25, -0.2) is 0 Å². The summed E-state index contributed by atoms with van der Waals surface area (Å²) in [5, 5.41) is 0. The number of carbonyl (C=O) groups excluding carboxylic acids is 1. The van der Waals surface area contributed by atoms with Gasteiger partial charge in [0.15, 0.2) is 0 Å². The lowest BCUT2D eigenvalue weighted by atomic mass is 9.69. The first kappa shape index (κ1) is 9.56. The lowest BCUT2D eigenvalue weighted by Gasteiger charge is -2.35. The predicted octanol–water partition coefficient (Wildman–Crippen LogP) is 2.38. The largest absolute Gasteiger partial charge is 0.469 e. The maximum Gasteiger partial charge on any atom is 0.312 e. The van der Waals surface area contributed by atoms with Gasteiger partial charge in [0.05, 0.1) is 12.5 Å². The second kappa shape index (κ2) is 2.75. The van der Waals surface area contributed by atoms with Crippen molar-refractivity contribution in [1.29, 1.82) is 0 Å². The molecule has 12 heavy (non-hydrogen) atoms. The first-order chi connectivity index (χ1) is 5.44. The van der Waals surface area contributed by atoms with E-state index in [1.165, 1.54) is 7.11 Å². The SMILES string of the molecule is COC(=O)[C@@]1(C)CCCC1(C)C. The van der Waals surface area contributed by atoms with E-state index in [0.29, 0.717) is 0 Å². The molecule has 0 amide bonds. The van der Waals surface area contributed by atoms with Crippen LogP contribution in [0.4, 0.5) is 0 Å². The minimum absolute atomic E-state index is 0.0509. The lowest BCUT2D eigenvalue weighted by molar-refractivity contribution is -0.157. The Balaban J connectivity index is 2.90. The van der Waals surface area contributed by atoms with Crippen LogP contribution in [0.25, 0.3) is 0 Å². The number of hydrogen-bond acceptors (Lipinski definition) is 2. The van der Waals surface area contributed by atoms with E-state index in [4.69, 9.17) is 4.74 Å². The van der Waals surface area contributed by atoms with Crippen molar-refractivity contribution in [3.05, 3.63) is 0 Å². The highest BCUT2D eigenvalue weighted by Crippen LogP contribution is 2.52. The average molecular weight is 170 g/mol. The van der Waals surface area contributed by atoms with Crippen molar-refractivity contribution in [3.63, 3.8) is 0 Å². The Kier molecular flexibility index (Phi) is 2.19. The Morgan fingerprint density at radius 2 is 1.83 bits per heavy atom. The van der Waals surface area contributed by atoms with Gasteiger partial charge in [-0.3, -0.25) is 4.79 Å². The van der Waals surface area contributed by atoms with Crippen LogP contribution in [-0.4, -0.2) is 13.1 Å². The molecule has 2 nitrogen and oxygen atoms in total. The fourth-order valence-corrected chi connectivity index (χ4v) is 2.10. The molecule has 0 heterocycles. The molecule has 1 saturated carbocycles. The van der Waals surface area contributed by atoms with Gasteiger partial charge in [0.1, 0.15) is 0 Å². The molecule has 0 aromatic rings. The summed E-state index contributed by atoms with van der Waals surface area (Å²) in [5.74, 6) is -0.0509. The Hall–Kier alpha value is -0.530. The molecule has 0 aromatic carbocycles. The first-order valence-electron chi connectivity index (χ1n) is 4.52. The van der Waals surface area contributed by atoms with Gasteiger partial charge >= 0.3 is 5.97 Å². The second-order valence-corrected chi connectivity index (χ2v) is 4.56. The molecule has 1 rings (SSSR count). The number of ether oxygens (including phenoxy) is 1. The van der Waals surface area contributed by atoms with Gasteiger partial charge in [0.2, 0.25) is 0 Å². The van der Waals surface area contributed by atoms with Crippen molar-refractivity contribution in [1.82, 2.24) is 0 Å². The molecule has 0 unspecified atom stereocenters. The van der Waals surface area contributed by atoms with Gasteiger partial charge in [-0.15, -0.1) is 0 Å². The van der Waals surface area contributed by atoms with Crippen LogP contribution in [0, 0.1) is 10.8 Å². The Morgan fingerprint density at radius 1 is 1.25 bits per heavy atom. The van der Waals surface area contributed by atoms with E-state index in [-0.39, 0.29) is 16.8 Å². The minimum atomic E-state index is -0.262. The Bertz CT molecular complexity index is 196. The smallest absolute Gasteiger partial charge is 0.312 e. The molecular weight excluding hydrogens is 152 g/mol. The van der Waals surface area contributed by atoms with E-state index >= 15 is 0 Å². The van der Waals surface area contributed by atoms with Gasteiger partial charge in [-0.05, 0) is 25.2 Å². The molecule has 0 aliphatic heterocycles. The zero-order valence-corrected chi connectivity index (χ0v) is 8.44. The maximum atomic E-state index is 11.5. The van der Waals surface area contributed by atoms with Gasteiger partial charge < -0.3 is 4.74 Å². The third kappa shape index (κ3) is 1.13. The van der Waals surface area contributed by atoms with Crippen LogP contribution < -0.4 is 0 Å². The molecule has 0 N–H and O–H groups in total. The number of carbonyl (C=O) groups is 1. The molecule has 0 bridgehead atoms. The third-order valence-electron chi connectivity index (χ3n) is 3.61. The van der Waals surface area contributed by atoms with E-state index in [0.717, 1.165) is 19.3 Å². The van der Waals surface area contributed by atoms with Crippen LogP contribution in [0.1, 0.15) is 40.0 Å². The van der Waals surface area contributed by atoms with E-state index in [9.17, 15) is 4.79 Å². The molecule has 0 saturated heterocycles. The van der Waals surface area contributed by atoms with Crippen LogP contribution in [-0.2, 0) is 9.53 Å². The van der Waals surface area contributed by atoms with E-state index in [2.05, 4.69) is 13.8 Å². The molecule has 1 atom stereocenters. The zero-order chi connectivity index (χ0) is 9.41. The molecule has 1 fully saturated rings. The summed E-state index contributed by atoms with van der Waals surface area (Å²) in [6.07, 6.45) is 3.23. The highest BCUT2D eigenvalue weighted by Gasteiger charge is 2.51. The van der Waals surface area contributed by atoms with Crippen molar-refractivity contribution < 1.29 is 9.53 Å². The summed E-state index contributed by atoms with van der Waals surface area (Å²) >= 11 is 0. The quantitative estimate of drug-likeness (QED) is 0.565. The second-order valence-electron chi connectivity index (χ2n) is 4.56. The molecule has 0 spiro atoms. The summed E-state index contributed by atoms with van der Waals surface area (Å²) in [5.41, 5.74) is -0.165. The zero-order valence-electron chi connectivity index (χ0n) is 8.44. The lowest BCUT2D eigenvalue weighted by Crippen LogP contribution is -2.38. The third-order valence-corrected chi connectivity index (χ3v) is 3.61. The van der Waals surface area contributed by atoms with Gasteiger partial charge in [0.25, 0.3) is 0 Å². The van der Waals surface area contributed by atoms with Crippen molar-refractivity contribution in [2.75, 3.05) is 7.11 Å². The van der Waals surface area contributed by atoms with Gasteiger partial charge in [-0.2, -0.15) is 0 Å². The Morgan fingerprint density at radius 3 is 2.17 bits per heavy atom. The fourth-order valence-electron chi connectivity index (χ4n) is 2.10. The van der Waals surface area contributed by atoms with E-state index in [1.54, 1.807) is 0 Å². The van der Waals surface area contributed by atoms with Crippen LogP contribution >= 0.6 is 0 Å². The number of rotatable bonds is 1. The van der Waals surface area contributed by atoms with Gasteiger partial charge in [0, 0.05) is 0 Å².